The molecule has 0 aromatic carbocycles. The summed E-state index contributed by atoms with van der Waals surface area (Å²) in [5, 5.41) is 0. The minimum Gasteiger partial charge on any atom is -0.539 e. The van der Waals surface area contributed by atoms with Gasteiger partial charge in [-0.3, -0.25) is 4.79 Å². The molecule has 30 heavy (non-hydrogen) atoms. The van der Waals surface area contributed by atoms with Crippen LogP contribution in [-0.2, 0) is 42.9 Å². The molecule has 0 radical (unpaired) electrons. The Morgan fingerprint density at radius 1 is 0.933 bits per heavy atom. The van der Waals surface area contributed by atoms with E-state index in [1.54, 1.807) is 13.8 Å². The topological polar surface area (TPSA) is 128 Å². The second kappa shape index (κ2) is 10.00. The van der Waals surface area contributed by atoms with Crippen LogP contribution in [0.15, 0.2) is 0 Å². The van der Waals surface area contributed by atoms with Gasteiger partial charge in [0, 0.05) is 30.7 Å². The first-order valence-corrected chi connectivity index (χ1v) is 9.36. The van der Waals surface area contributed by atoms with E-state index in [2.05, 4.69) is 9.97 Å². The molecule has 0 aliphatic heterocycles. The van der Waals surface area contributed by atoms with Crippen LogP contribution in [0.25, 0.3) is 0 Å². The van der Waals surface area contributed by atoms with E-state index < -0.39 is 11.9 Å². The molecule has 0 unspecified atom stereocenters. The molecule has 2 heterocycles. The lowest BCUT2D eigenvalue weighted by molar-refractivity contribution is -0.140. The van der Waals surface area contributed by atoms with Gasteiger partial charge in [-0.1, -0.05) is 0 Å². The molecule has 0 fully saturated rings. The number of rotatable bonds is 9. The van der Waals surface area contributed by atoms with Crippen molar-refractivity contribution < 1.29 is 33.2 Å². The first-order chi connectivity index (χ1) is 14.3. The van der Waals surface area contributed by atoms with Crippen LogP contribution in [0.2, 0.25) is 0 Å². The number of H-pyrrole nitrogens is 2. The van der Waals surface area contributed by atoms with Crippen LogP contribution in [-0.4, -0.2) is 57.4 Å². The average molecular weight is 414 g/mol. The fourth-order valence-corrected chi connectivity index (χ4v) is 3.51. The molecule has 158 valence electrons. The lowest BCUT2D eigenvalue weighted by Gasteiger charge is -2.06. The van der Waals surface area contributed by atoms with Gasteiger partial charge in [0.1, 0.15) is 17.7 Å². The van der Waals surface area contributed by atoms with E-state index in [1.807, 2.05) is 0 Å². The zero-order valence-corrected chi connectivity index (χ0v) is 17.8. The Bertz CT molecular complexity index is 978. The Kier molecular flexibility index (Phi) is 7.68. The second-order valence-electron chi connectivity index (χ2n) is 6.77. The minimum atomic E-state index is -0.533. The van der Waals surface area contributed by atoms with E-state index in [4.69, 9.17) is 14.0 Å². The van der Waals surface area contributed by atoms with Gasteiger partial charge in [0.25, 0.3) is 0 Å². The molecule has 2 rings (SSSR count). The fourth-order valence-electron chi connectivity index (χ4n) is 3.51. The zero-order valence-electron chi connectivity index (χ0n) is 17.8. The van der Waals surface area contributed by atoms with E-state index in [0.717, 1.165) is 11.8 Å². The molecule has 0 aliphatic carbocycles. The van der Waals surface area contributed by atoms with Crippen molar-refractivity contribution >= 4 is 40.3 Å². The lowest BCUT2D eigenvalue weighted by atomic mass is 9.99. The van der Waals surface area contributed by atoms with Gasteiger partial charge >= 0.3 is 34.0 Å². The Morgan fingerprint density at radius 3 is 1.90 bits per heavy atom. The van der Waals surface area contributed by atoms with Crippen LogP contribution in [0.5, 0.6) is 0 Å². The third-order valence-corrected chi connectivity index (χ3v) is 5.16. The summed E-state index contributed by atoms with van der Waals surface area (Å²) in [6.07, 6.45) is 1.67. The van der Waals surface area contributed by atoms with Gasteiger partial charge in [-0.05, 0) is 42.5 Å². The molecule has 0 aliphatic rings. The number of esters is 1. The van der Waals surface area contributed by atoms with Gasteiger partial charge in [-0.25, -0.2) is 9.59 Å². The maximum Gasteiger partial charge on any atom is 0.337 e. The number of hydrogen-bond donors (Lipinski definition) is 2. The minimum absolute atomic E-state index is 0.121. The Morgan fingerprint density at radius 2 is 1.43 bits per heavy atom. The van der Waals surface area contributed by atoms with Crippen LogP contribution < -0.4 is 0 Å². The van der Waals surface area contributed by atoms with Crippen LogP contribution in [0.3, 0.4) is 0 Å². The van der Waals surface area contributed by atoms with Gasteiger partial charge < -0.3 is 28.8 Å². The molecule has 0 bridgehead atoms. The molecular formula is C19H24B2N2O7. The molecule has 2 aromatic rings. The molecule has 0 spiro atoms. The Balaban J connectivity index is 2.53. The number of hydrogen-bond acceptors (Lipinski definition) is 7. The summed E-state index contributed by atoms with van der Waals surface area (Å²) < 4.78 is 14.4. The third kappa shape index (κ3) is 4.67. The average Bonchev–Trinajstić information content (AvgIpc) is 3.22. The predicted octanol–water partition coefficient (Wildman–Crippen LogP) is -0.193. The third-order valence-electron chi connectivity index (χ3n) is 5.16. The summed E-state index contributed by atoms with van der Waals surface area (Å²) in [6, 6.07) is 0. The van der Waals surface area contributed by atoms with E-state index in [9.17, 15) is 19.2 Å². The normalized spacial score (nSPS) is 10.5. The summed E-state index contributed by atoms with van der Waals surface area (Å²) >= 11 is 0. The summed E-state index contributed by atoms with van der Waals surface area (Å²) in [4.78, 5) is 53.2. The van der Waals surface area contributed by atoms with E-state index in [-0.39, 0.29) is 30.9 Å². The van der Waals surface area contributed by atoms with Gasteiger partial charge in [0.15, 0.2) is 0 Å². The first kappa shape index (κ1) is 23.1. The van der Waals surface area contributed by atoms with Crippen molar-refractivity contribution in [1.82, 2.24) is 9.97 Å². The van der Waals surface area contributed by atoms with Crippen LogP contribution in [0, 0.1) is 13.8 Å². The predicted molar refractivity (Wildman–Crippen MR) is 112 cm³/mol. The summed E-state index contributed by atoms with van der Waals surface area (Å²) in [6.45, 7) is 3.51. The van der Waals surface area contributed by atoms with Crippen LogP contribution in [0.1, 0.15) is 61.0 Å². The highest BCUT2D eigenvalue weighted by molar-refractivity contribution is 6.10. The smallest absolute Gasteiger partial charge is 0.337 e. The zero-order chi connectivity index (χ0) is 22.4. The van der Waals surface area contributed by atoms with Crippen molar-refractivity contribution in [3.05, 3.63) is 45.0 Å². The quantitative estimate of drug-likeness (QED) is 0.331. The van der Waals surface area contributed by atoms with E-state index in [0.29, 0.717) is 40.2 Å². The summed E-state index contributed by atoms with van der Waals surface area (Å²) in [5.41, 5.74) is 4.68. The van der Waals surface area contributed by atoms with Crippen molar-refractivity contribution in [3.8, 4) is 0 Å². The van der Waals surface area contributed by atoms with Gasteiger partial charge in [-0.2, -0.15) is 0 Å². The molecule has 0 amide bonds. The number of aldehydes is 1. The molecule has 9 nitrogen and oxygen atoms in total. The summed E-state index contributed by atoms with van der Waals surface area (Å²) in [5.74, 6) is -1.43. The molecular weight excluding hydrogens is 390 g/mol. The number of carbonyl (C=O) groups is 4. The standard InChI is InChI=1S/C19H24B2N2O7/c1-9-11(4-5-15(25)28-3)13(22-16(9)18(26)29-20)8-14-12(6-7-24)10(2)17(23-14)19(27)30-21/h7,22-23H,4-6,8,20-21H2,1-3H3. The Labute approximate surface area is 175 Å². The SMILES string of the molecule is BOC(=O)c1[nH]c(Cc2[nH]c(C(=O)OB)c(C)c2CCC(=O)OC)c(CC=O)c1C. The van der Waals surface area contributed by atoms with Gasteiger partial charge in [-0.15, -0.1) is 0 Å². The lowest BCUT2D eigenvalue weighted by Crippen LogP contribution is -2.05. The van der Waals surface area contributed by atoms with Crippen molar-refractivity contribution in [2.45, 2.75) is 39.5 Å². The monoisotopic (exact) mass is 414 g/mol. The number of methoxy groups -OCH3 is 1. The van der Waals surface area contributed by atoms with Crippen molar-refractivity contribution in [3.63, 3.8) is 0 Å². The molecule has 0 atom stereocenters. The van der Waals surface area contributed by atoms with Gasteiger partial charge in [0.05, 0.1) is 7.11 Å². The number of aromatic amines is 2. The molecule has 11 heteroatoms. The second-order valence-corrected chi connectivity index (χ2v) is 6.77. The number of nitrogens with one attached hydrogen (secondary N) is 2. The molecule has 2 N–H and O–H groups in total. The van der Waals surface area contributed by atoms with Gasteiger partial charge in [0.2, 0.25) is 0 Å². The highest BCUT2D eigenvalue weighted by Gasteiger charge is 2.24. The molecule has 0 saturated heterocycles. The van der Waals surface area contributed by atoms with Crippen LogP contribution >= 0.6 is 0 Å². The fraction of sp³-hybridized carbons (Fsp3) is 0.368. The molecule has 0 saturated carbocycles. The van der Waals surface area contributed by atoms with Crippen molar-refractivity contribution in [2.24, 2.45) is 0 Å². The highest BCUT2D eigenvalue weighted by atomic mass is 16.5. The maximum absolute atomic E-state index is 12.1. The summed E-state index contributed by atoms with van der Waals surface area (Å²) in [7, 11) is 3.88. The number of ether oxygens (including phenoxy) is 1. The Hall–Kier alpha value is -3.23. The largest absolute Gasteiger partial charge is 0.539 e. The molecule has 2 aromatic heterocycles. The number of aromatic nitrogens is 2. The highest BCUT2D eigenvalue weighted by Crippen LogP contribution is 2.27. The first-order valence-electron chi connectivity index (χ1n) is 9.36. The number of carbonyl (C=O) groups excluding carboxylic acids is 4. The van der Waals surface area contributed by atoms with Crippen molar-refractivity contribution in [2.75, 3.05) is 7.11 Å². The van der Waals surface area contributed by atoms with E-state index >= 15 is 0 Å². The van der Waals surface area contributed by atoms with Crippen molar-refractivity contribution in [1.29, 1.82) is 0 Å². The maximum atomic E-state index is 12.1. The van der Waals surface area contributed by atoms with E-state index in [1.165, 1.54) is 23.2 Å². The van der Waals surface area contributed by atoms with Crippen LogP contribution in [0.4, 0.5) is 0 Å².